The van der Waals surface area contributed by atoms with Crippen molar-refractivity contribution in [3.05, 3.63) is 0 Å². The van der Waals surface area contributed by atoms with Crippen LogP contribution in [0.5, 0.6) is 0 Å². The second-order valence-electron chi connectivity index (χ2n) is 7.36. The molecule has 1 unspecified atom stereocenters. The summed E-state index contributed by atoms with van der Waals surface area (Å²) in [6.45, 7) is 10.4. The Balaban J connectivity index is 3.53. The van der Waals surface area contributed by atoms with Crippen LogP contribution >= 0.6 is 0 Å². The van der Waals surface area contributed by atoms with Gasteiger partial charge >= 0.3 is 0 Å². The van der Waals surface area contributed by atoms with Crippen LogP contribution in [0.4, 0.5) is 0 Å². The fourth-order valence-corrected chi connectivity index (χ4v) is 3.14. The average molecular weight is 357 g/mol. The zero-order valence-corrected chi connectivity index (χ0v) is 17.7. The lowest BCUT2D eigenvalue weighted by Crippen LogP contribution is -2.46. The van der Waals surface area contributed by atoms with E-state index in [0.717, 1.165) is 26.3 Å². The minimum absolute atomic E-state index is 0.320. The third-order valence-electron chi connectivity index (χ3n) is 4.83. The molecule has 0 bridgehead atoms. The molecule has 1 atom stereocenters. The Labute approximate surface area is 159 Å². The minimum Gasteiger partial charge on any atom is -0.379 e. The molecular weight excluding hydrogens is 308 g/mol. The molecule has 25 heavy (non-hydrogen) atoms. The highest BCUT2D eigenvalue weighted by Gasteiger charge is 2.06. The highest BCUT2D eigenvalue weighted by Crippen LogP contribution is 2.08. The molecule has 0 saturated heterocycles. The van der Waals surface area contributed by atoms with Crippen molar-refractivity contribution in [3.8, 4) is 0 Å². The summed E-state index contributed by atoms with van der Waals surface area (Å²) in [5.41, 5.74) is 0. The van der Waals surface area contributed by atoms with Gasteiger partial charge < -0.3 is 4.74 Å². The number of rotatable bonds is 21. The van der Waals surface area contributed by atoms with Crippen molar-refractivity contribution in [2.75, 3.05) is 26.3 Å². The molecule has 152 valence electrons. The maximum atomic E-state index is 5.61. The quantitative estimate of drug-likeness (QED) is 0.195. The Morgan fingerprint density at radius 1 is 0.560 bits per heavy atom. The third kappa shape index (κ3) is 20.0. The fourth-order valence-electron chi connectivity index (χ4n) is 3.14. The molecule has 0 aromatic heterocycles. The van der Waals surface area contributed by atoms with E-state index in [4.69, 9.17) is 4.74 Å². The molecule has 0 aliphatic rings. The molecule has 3 heteroatoms. The van der Waals surface area contributed by atoms with E-state index in [1.165, 1.54) is 89.9 Å². The smallest absolute Gasteiger partial charge is 0.0813 e. The van der Waals surface area contributed by atoms with Gasteiger partial charge in [0.1, 0.15) is 0 Å². The van der Waals surface area contributed by atoms with Gasteiger partial charge in [-0.1, -0.05) is 90.9 Å². The number of hydrogen-bond acceptors (Lipinski definition) is 3. The zero-order chi connectivity index (χ0) is 18.4. The summed E-state index contributed by atoms with van der Waals surface area (Å²) in [6, 6.07) is 0. The second kappa shape index (κ2) is 21.9. The lowest BCUT2D eigenvalue weighted by atomic mass is 10.1. The fraction of sp³-hybridized carbons (Fsp3) is 1.00. The molecule has 0 aromatic rings. The molecule has 3 nitrogen and oxygen atoms in total. The van der Waals surface area contributed by atoms with E-state index in [1.54, 1.807) is 0 Å². The maximum Gasteiger partial charge on any atom is 0.0813 e. The summed E-state index contributed by atoms with van der Waals surface area (Å²) in [6.07, 6.45) is 19.5. The summed E-state index contributed by atoms with van der Waals surface area (Å²) in [4.78, 5) is 0. The van der Waals surface area contributed by atoms with Gasteiger partial charge in [-0.3, -0.25) is 10.6 Å². The van der Waals surface area contributed by atoms with Crippen LogP contribution in [-0.4, -0.2) is 32.5 Å². The molecule has 0 radical (unpaired) electrons. The summed E-state index contributed by atoms with van der Waals surface area (Å²) in [5, 5.41) is 7.28. The van der Waals surface area contributed by atoms with Crippen LogP contribution in [0.1, 0.15) is 111 Å². The van der Waals surface area contributed by atoms with Crippen LogP contribution < -0.4 is 10.6 Å². The molecule has 0 heterocycles. The zero-order valence-electron chi connectivity index (χ0n) is 17.7. The SMILES string of the molecule is CCCCCCCCCCNC(COCC)NCCCCCCCC. The Hall–Kier alpha value is -0.120. The normalized spacial score (nSPS) is 12.6. The van der Waals surface area contributed by atoms with Crippen LogP contribution in [0, 0.1) is 0 Å². The monoisotopic (exact) mass is 356 g/mol. The predicted octanol–water partition coefficient (Wildman–Crippen LogP) is 6.03. The number of nitrogens with one attached hydrogen (secondary N) is 2. The molecule has 0 amide bonds. The molecular formula is C22H48N2O. The molecule has 0 aliphatic carbocycles. The van der Waals surface area contributed by atoms with Gasteiger partial charge in [-0.2, -0.15) is 0 Å². The summed E-state index contributed by atoms with van der Waals surface area (Å²) >= 11 is 0. The number of hydrogen-bond donors (Lipinski definition) is 2. The van der Waals surface area contributed by atoms with Gasteiger partial charge in [0.05, 0.1) is 12.8 Å². The maximum absolute atomic E-state index is 5.61. The van der Waals surface area contributed by atoms with Crippen LogP contribution in [0.3, 0.4) is 0 Å². The average Bonchev–Trinajstić information content (AvgIpc) is 2.63. The second-order valence-corrected chi connectivity index (χ2v) is 7.36. The van der Waals surface area contributed by atoms with Crippen LogP contribution in [0.15, 0.2) is 0 Å². The van der Waals surface area contributed by atoms with Crippen molar-refractivity contribution in [1.82, 2.24) is 10.6 Å². The third-order valence-corrected chi connectivity index (χ3v) is 4.83. The van der Waals surface area contributed by atoms with E-state index in [1.807, 2.05) is 0 Å². The first-order valence-electron chi connectivity index (χ1n) is 11.4. The van der Waals surface area contributed by atoms with Crippen molar-refractivity contribution in [3.63, 3.8) is 0 Å². The van der Waals surface area contributed by atoms with Crippen LogP contribution in [0.25, 0.3) is 0 Å². The van der Waals surface area contributed by atoms with Gasteiger partial charge in [-0.05, 0) is 32.9 Å². The summed E-state index contributed by atoms with van der Waals surface area (Å²) < 4.78 is 5.61. The van der Waals surface area contributed by atoms with E-state index in [2.05, 4.69) is 31.4 Å². The predicted molar refractivity (Wildman–Crippen MR) is 112 cm³/mol. The van der Waals surface area contributed by atoms with Crippen molar-refractivity contribution in [1.29, 1.82) is 0 Å². The van der Waals surface area contributed by atoms with E-state index in [9.17, 15) is 0 Å². The molecule has 2 N–H and O–H groups in total. The standard InChI is InChI=1S/C22H48N2O/c1-4-7-9-11-13-14-16-18-20-24-22(21-25-6-3)23-19-17-15-12-10-8-5-2/h22-24H,4-21H2,1-3H3. The van der Waals surface area contributed by atoms with E-state index >= 15 is 0 Å². The van der Waals surface area contributed by atoms with Crippen LogP contribution in [0.2, 0.25) is 0 Å². The largest absolute Gasteiger partial charge is 0.379 e. The lowest BCUT2D eigenvalue weighted by molar-refractivity contribution is 0.112. The molecule has 0 spiro atoms. The molecule has 0 rings (SSSR count). The van der Waals surface area contributed by atoms with Crippen molar-refractivity contribution in [2.24, 2.45) is 0 Å². The minimum atomic E-state index is 0.320. The highest BCUT2D eigenvalue weighted by atomic mass is 16.5. The van der Waals surface area contributed by atoms with E-state index < -0.39 is 0 Å². The van der Waals surface area contributed by atoms with Gasteiger partial charge in [-0.25, -0.2) is 0 Å². The van der Waals surface area contributed by atoms with Gasteiger partial charge in [0, 0.05) is 6.61 Å². The summed E-state index contributed by atoms with van der Waals surface area (Å²) in [5.74, 6) is 0. The highest BCUT2D eigenvalue weighted by molar-refractivity contribution is 4.64. The van der Waals surface area contributed by atoms with Crippen molar-refractivity contribution >= 4 is 0 Å². The van der Waals surface area contributed by atoms with Crippen molar-refractivity contribution < 1.29 is 4.74 Å². The van der Waals surface area contributed by atoms with Crippen molar-refractivity contribution in [2.45, 2.75) is 117 Å². The molecule has 0 aromatic carbocycles. The lowest BCUT2D eigenvalue weighted by Gasteiger charge is -2.20. The van der Waals surface area contributed by atoms with Gasteiger partial charge in [0.2, 0.25) is 0 Å². The first kappa shape index (κ1) is 24.9. The van der Waals surface area contributed by atoms with Gasteiger partial charge in [0.15, 0.2) is 0 Å². The summed E-state index contributed by atoms with van der Waals surface area (Å²) in [7, 11) is 0. The van der Waals surface area contributed by atoms with Crippen LogP contribution in [-0.2, 0) is 4.74 Å². The Morgan fingerprint density at radius 3 is 1.36 bits per heavy atom. The Kier molecular flexibility index (Phi) is 21.8. The molecule has 0 aliphatic heterocycles. The Morgan fingerprint density at radius 2 is 0.960 bits per heavy atom. The van der Waals surface area contributed by atoms with Gasteiger partial charge in [0.25, 0.3) is 0 Å². The molecule has 0 fully saturated rings. The van der Waals surface area contributed by atoms with E-state index in [-0.39, 0.29) is 0 Å². The van der Waals surface area contributed by atoms with Gasteiger partial charge in [-0.15, -0.1) is 0 Å². The first-order chi connectivity index (χ1) is 12.3. The topological polar surface area (TPSA) is 33.3 Å². The first-order valence-corrected chi connectivity index (χ1v) is 11.4. The Bertz CT molecular complexity index is 236. The number of ether oxygens (including phenoxy) is 1. The molecule has 0 saturated carbocycles. The van der Waals surface area contributed by atoms with E-state index in [0.29, 0.717) is 6.17 Å². The number of unbranched alkanes of at least 4 members (excludes halogenated alkanes) is 12.